The maximum absolute atomic E-state index is 10.9. The van der Waals surface area contributed by atoms with Gasteiger partial charge in [-0.2, -0.15) is 0 Å². The first-order valence-electron chi connectivity index (χ1n) is 5.53. The third-order valence-electron chi connectivity index (χ3n) is 2.46. The van der Waals surface area contributed by atoms with Gasteiger partial charge in [-0.05, 0) is 19.9 Å². The number of fused-ring (bicyclic) bond motifs is 1. The zero-order valence-corrected chi connectivity index (χ0v) is 10.2. The minimum Gasteiger partial charge on any atom is -0.477 e. The number of rotatable bonds is 4. The lowest BCUT2D eigenvalue weighted by molar-refractivity contribution is 0.0689. The lowest BCUT2D eigenvalue weighted by atomic mass is 10.1. The fourth-order valence-corrected chi connectivity index (χ4v) is 1.57. The van der Waals surface area contributed by atoms with E-state index < -0.39 is 11.6 Å². The first-order valence-corrected chi connectivity index (χ1v) is 5.53. The van der Waals surface area contributed by atoms with Crippen LogP contribution in [0.3, 0.4) is 0 Å². The highest BCUT2D eigenvalue weighted by Gasteiger charge is 2.13. The summed E-state index contributed by atoms with van der Waals surface area (Å²) in [6.45, 7) is 3.81. The Kier molecular flexibility index (Phi) is 2.96. The van der Waals surface area contributed by atoms with E-state index in [9.17, 15) is 9.90 Å². The van der Waals surface area contributed by atoms with Crippen molar-refractivity contribution in [1.82, 2.24) is 9.38 Å². The van der Waals surface area contributed by atoms with Crippen molar-refractivity contribution in [2.45, 2.75) is 19.4 Å². The second-order valence-corrected chi connectivity index (χ2v) is 4.76. The second kappa shape index (κ2) is 4.30. The average Bonchev–Trinajstić information content (AvgIpc) is 2.68. The minimum atomic E-state index is -1.01. The van der Waals surface area contributed by atoms with Gasteiger partial charge in [0.25, 0.3) is 0 Å². The molecule has 0 saturated carbocycles. The van der Waals surface area contributed by atoms with Crippen molar-refractivity contribution in [2.24, 2.45) is 0 Å². The Morgan fingerprint density at radius 2 is 2.28 bits per heavy atom. The highest BCUT2D eigenvalue weighted by Crippen LogP contribution is 2.14. The summed E-state index contributed by atoms with van der Waals surface area (Å²) in [5.74, 6) is -1.01. The van der Waals surface area contributed by atoms with E-state index in [-0.39, 0.29) is 5.69 Å². The van der Waals surface area contributed by atoms with Crippen LogP contribution in [-0.2, 0) is 0 Å². The third-order valence-corrected chi connectivity index (χ3v) is 2.46. The lowest BCUT2D eigenvalue weighted by Crippen LogP contribution is -2.29. The Morgan fingerprint density at radius 3 is 2.89 bits per heavy atom. The van der Waals surface area contributed by atoms with Gasteiger partial charge in [-0.1, -0.05) is 0 Å². The molecular formula is C12H15N3O3. The monoisotopic (exact) mass is 249 g/mol. The Hall–Kier alpha value is -2.08. The van der Waals surface area contributed by atoms with Crippen molar-refractivity contribution < 1.29 is 15.0 Å². The molecule has 3 N–H and O–H groups in total. The molecule has 0 atom stereocenters. The predicted molar refractivity (Wildman–Crippen MR) is 66.9 cm³/mol. The fourth-order valence-electron chi connectivity index (χ4n) is 1.57. The zero-order valence-electron chi connectivity index (χ0n) is 10.2. The Bertz CT molecular complexity index is 584. The van der Waals surface area contributed by atoms with Gasteiger partial charge in [0, 0.05) is 24.5 Å². The second-order valence-electron chi connectivity index (χ2n) is 4.76. The molecule has 0 unspecified atom stereocenters. The van der Waals surface area contributed by atoms with Crippen molar-refractivity contribution >= 4 is 17.3 Å². The molecular weight excluding hydrogens is 234 g/mol. The number of imidazole rings is 1. The van der Waals surface area contributed by atoms with E-state index in [4.69, 9.17) is 5.11 Å². The number of hydrogen-bond acceptors (Lipinski definition) is 4. The van der Waals surface area contributed by atoms with Gasteiger partial charge in [0.1, 0.15) is 5.65 Å². The van der Waals surface area contributed by atoms with E-state index in [1.54, 1.807) is 32.2 Å². The molecule has 0 bridgehead atoms. The summed E-state index contributed by atoms with van der Waals surface area (Å²) in [4.78, 5) is 14.9. The largest absolute Gasteiger partial charge is 0.477 e. The molecule has 18 heavy (non-hydrogen) atoms. The number of carbonyl (C=O) groups is 1. The summed E-state index contributed by atoms with van der Waals surface area (Å²) in [6, 6.07) is 3.48. The summed E-state index contributed by atoms with van der Waals surface area (Å²) < 4.78 is 1.50. The molecule has 0 aliphatic heterocycles. The van der Waals surface area contributed by atoms with Crippen molar-refractivity contribution in [1.29, 1.82) is 0 Å². The maximum Gasteiger partial charge on any atom is 0.354 e. The summed E-state index contributed by atoms with van der Waals surface area (Å²) in [7, 11) is 0. The summed E-state index contributed by atoms with van der Waals surface area (Å²) in [6.07, 6.45) is 2.95. The summed E-state index contributed by atoms with van der Waals surface area (Å²) in [5, 5.41) is 21.6. The van der Waals surface area contributed by atoms with E-state index in [1.807, 2.05) is 0 Å². The topological polar surface area (TPSA) is 86.9 Å². The van der Waals surface area contributed by atoms with Gasteiger partial charge in [0.2, 0.25) is 0 Å². The highest BCUT2D eigenvalue weighted by atomic mass is 16.4. The fraction of sp³-hybridized carbons (Fsp3) is 0.333. The number of aliphatic hydroxyl groups is 1. The standard InChI is InChI=1S/C12H15N3O3/c1-12(2,18)7-14-8-3-4-15-9(11(16)17)6-13-10(15)5-8/h3-6,14,18H,7H2,1-2H3,(H,16,17). The van der Waals surface area contributed by atoms with E-state index in [0.29, 0.717) is 12.2 Å². The van der Waals surface area contributed by atoms with Crippen LogP contribution in [-0.4, -0.2) is 37.7 Å². The first kappa shape index (κ1) is 12.4. The molecule has 96 valence electrons. The van der Waals surface area contributed by atoms with Gasteiger partial charge >= 0.3 is 5.97 Å². The van der Waals surface area contributed by atoms with Crippen LogP contribution in [0.2, 0.25) is 0 Å². The molecule has 0 amide bonds. The normalized spacial score (nSPS) is 11.7. The van der Waals surface area contributed by atoms with Crippen LogP contribution >= 0.6 is 0 Å². The van der Waals surface area contributed by atoms with Crippen LogP contribution in [0.4, 0.5) is 5.69 Å². The van der Waals surface area contributed by atoms with E-state index in [0.717, 1.165) is 5.69 Å². The maximum atomic E-state index is 10.9. The quantitative estimate of drug-likeness (QED) is 0.758. The molecule has 2 aromatic rings. The number of aromatic carboxylic acids is 1. The Balaban J connectivity index is 2.26. The average molecular weight is 249 g/mol. The Morgan fingerprint density at radius 1 is 1.56 bits per heavy atom. The predicted octanol–water partition coefficient (Wildman–Crippen LogP) is 1.22. The SMILES string of the molecule is CC(C)(O)CNc1ccn2c(C(=O)O)cnc2c1. The number of aromatic nitrogens is 2. The zero-order chi connectivity index (χ0) is 13.3. The van der Waals surface area contributed by atoms with Gasteiger partial charge in [0.15, 0.2) is 5.69 Å². The van der Waals surface area contributed by atoms with Crippen molar-refractivity contribution in [3.8, 4) is 0 Å². The van der Waals surface area contributed by atoms with Gasteiger partial charge in [-0.3, -0.25) is 4.40 Å². The van der Waals surface area contributed by atoms with Crippen LogP contribution in [0.15, 0.2) is 24.5 Å². The van der Waals surface area contributed by atoms with Crippen molar-refractivity contribution in [2.75, 3.05) is 11.9 Å². The molecule has 0 spiro atoms. The molecule has 6 nitrogen and oxygen atoms in total. The number of anilines is 1. The van der Waals surface area contributed by atoms with Gasteiger partial charge in [-0.25, -0.2) is 9.78 Å². The molecule has 0 saturated heterocycles. The smallest absolute Gasteiger partial charge is 0.354 e. The third kappa shape index (κ3) is 2.60. The first-order chi connectivity index (χ1) is 8.37. The number of carboxylic acid groups (broad SMARTS) is 1. The van der Waals surface area contributed by atoms with Crippen LogP contribution in [0.1, 0.15) is 24.3 Å². The number of carboxylic acids is 1. The molecule has 0 aliphatic rings. The molecule has 0 aromatic carbocycles. The van der Waals surface area contributed by atoms with Crippen LogP contribution < -0.4 is 5.32 Å². The minimum absolute atomic E-state index is 0.124. The van der Waals surface area contributed by atoms with E-state index in [2.05, 4.69) is 10.3 Å². The molecule has 2 rings (SSSR count). The molecule has 0 aliphatic carbocycles. The van der Waals surface area contributed by atoms with E-state index in [1.165, 1.54) is 10.6 Å². The number of nitrogens with zero attached hydrogens (tertiary/aromatic N) is 2. The number of pyridine rings is 1. The Labute approximate surface area is 104 Å². The van der Waals surface area contributed by atoms with Gasteiger partial charge in [-0.15, -0.1) is 0 Å². The van der Waals surface area contributed by atoms with E-state index >= 15 is 0 Å². The molecule has 2 aromatic heterocycles. The van der Waals surface area contributed by atoms with Crippen LogP contribution in [0.25, 0.3) is 5.65 Å². The number of nitrogens with one attached hydrogen (secondary N) is 1. The number of hydrogen-bond donors (Lipinski definition) is 3. The highest BCUT2D eigenvalue weighted by molar-refractivity contribution is 5.86. The van der Waals surface area contributed by atoms with Gasteiger partial charge < -0.3 is 15.5 Å². The lowest BCUT2D eigenvalue weighted by Gasteiger charge is -2.18. The van der Waals surface area contributed by atoms with Gasteiger partial charge in [0.05, 0.1) is 11.8 Å². The summed E-state index contributed by atoms with van der Waals surface area (Å²) >= 11 is 0. The molecule has 6 heteroatoms. The van der Waals surface area contributed by atoms with Crippen molar-refractivity contribution in [3.05, 3.63) is 30.2 Å². The molecule has 0 radical (unpaired) electrons. The van der Waals surface area contributed by atoms with Crippen molar-refractivity contribution in [3.63, 3.8) is 0 Å². The van der Waals surface area contributed by atoms with Crippen LogP contribution in [0.5, 0.6) is 0 Å². The van der Waals surface area contributed by atoms with Crippen LogP contribution in [0, 0.1) is 0 Å². The molecule has 2 heterocycles. The molecule has 0 fully saturated rings. The summed E-state index contributed by atoms with van der Waals surface area (Å²) in [5.41, 5.74) is 0.646.